The van der Waals surface area contributed by atoms with Gasteiger partial charge in [-0.15, -0.1) is 0 Å². The Morgan fingerprint density at radius 1 is 1.00 bits per heavy atom. The van der Waals surface area contributed by atoms with Crippen molar-refractivity contribution in [3.8, 4) is 23.1 Å². The number of aromatic hydroxyl groups is 1. The minimum absolute atomic E-state index is 0.0446. The lowest BCUT2D eigenvalue weighted by molar-refractivity contribution is 0.0193. The lowest BCUT2D eigenvalue weighted by Crippen LogP contribution is -2.52. The Bertz CT molecular complexity index is 2150. The van der Waals surface area contributed by atoms with E-state index in [1.165, 1.54) is 28.8 Å². The molecule has 51 heavy (non-hydrogen) atoms. The summed E-state index contributed by atoms with van der Waals surface area (Å²) in [5, 5.41) is 20.0. The van der Waals surface area contributed by atoms with E-state index in [1.807, 2.05) is 29.5 Å². The Balaban J connectivity index is 1.28. The van der Waals surface area contributed by atoms with E-state index in [9.17, 15) is 20.0 Å². The average molecular weight is 701 g/mol. The van der Waals surface area contributed by atoms with E-state index in [0.29, 0.717) is 64.1 Å². The van der Waals surface area contributed by atoms with Crippen molar-refractivity contribution >= 4 is 34.9 Å². The number of amides is 2. The van der Waals surface area contributed by atoms with Crippen LogP contribution in [0.5, 0.6) is 5.75 Å². The van der Waals surface area contributed by atoms with Crippen LogP contribution in [0.15, 0.2) is 91.1 Å². The van der Waals surface area contributed by atoms with Crippen LogP contribution in [0.25, 0.3) is 11.3 Å². The molecule has 0 radical (unpaired) electrons. The minimum Gasteiger partial charge on any atom is -0.508 e. The summed E-state index contributed by atoms with van der Waals surface area (Å²) in [4.78, 5) is 39.5. The number of nitriles is 1. The summed E-state index contributed by atoms with van der Waals surface area (Å²) in [6, 6.07) is 26.7. The van der Waals surface area contributed by atoms with E-state index in [2.05, 4.69) is 34.2 Å². The zero-order valence-electron chi connectivity index (χ0n) is 28.4. The van der Waals surface area contributed by atoms with Crippen LogP contribution in [0.1, 0.15) is 43.1 Å². The van der Waals surface area contributed by atoms with Gasteiger partial charge in [-0.05, 0) is 85.1 Å². The fraction of sp³-hybridized carbons (Fsp3) is 0.250. The maximum atomic E-state index is 14.8. The monoisotopic (exact) mass is 700 g/mol. The Morgan fingerprint density at radius 3 is 2.49 bits per heavy atom. The first kappa shape index (κ1) is 34.0. The van der Waals surface area contributed by atoms with Crippen LogP contribution < -0.4 is 4.90 Å². The maximum Gasteiger partial charge on any atom is 0.265 e. The summed E-state index contributed by atoms with van der Waals surface area (Å²) in [6.45, 7) is 6.07. The fourth-order valence-electron chi connectivity index (χ4n) is 7.00. The molecule has 1 N–H and O–H groups in total. The number of fused-ring (bicyclic) bond motifs is 1. The highest BCUT2D eigenvalue weighted by Crippen LogP contribution is 2.36. The van der Waals surface area contributed by atoms with Gasteiger partial charge < -0.3 is 19.3 Å². The summed E-state index contributed by atoms with van der Waals surface area (Å²) >= 11 is 6.61. The Labute approximate surface area is 301 Å². The van der Waals surface area contributed by atoms with Crippen LogP contribution in [0, 0.1) is 18.3 Å². The number of phenolic OH excluding ortho intramolecular Hbond substituents is 1. The topological polar surface area (TPSA) is 115 Å². The van der Waals surface area contributed by atoms with E-state index >= 15 is 0 Å². The number of carbonyl (C=O) groups excluding carboxylic acids is 2. The second-order valence-corrected chi connectivity index (χ2v) is 13.4. The van der Waals surface area contributed by atoms with Crippen molar-refractivity contribution in [2.24, 2.45) is 7.05 Å². The van der Waals surface area contributed by atoms with Gasteiger partial charge in [-0.25, -0.2) is 4.98 Å². The van der Waals surface area contributed by atoms with Gasteiger partial charge in [-0.1, -0.05) is 35.9 Å². The van der Waals surface area contributed by atoms with Crippen LogP contribution in [0.3, 0.4) is 0 Å². The van der Waals surface area contributed by atoms with Crippen molar-refractivity contribution in [2.45, 2.75) is 25.9 Å². The molecule has 258 valence electrons. The van der Waals surface area contributed by atoms with Gasteiger partial charge >= 0.3 is 0 Å². The molecule has 0 aliphatic carbocycles. The molecule has 1 saturated heterocycles. The molecule has 0 bridgehead atoms. The summed E-state index contributed by atoms with van der Waals surface area (Å²) in [5.41, 5.74) is 5.97. The largest absolute Gasteiger partial charge is 0.508 e. The molecule has 2 aliphatic heterocycles. The highest BCUT2D eigenvalue weighted by molar-refractivity contribution is 6.31. The third-order valence-electron chi connectivity index (χ3n) is 9.86. The second kappa shape index (κ2) is 14.4. The van der Waals surface area contributed by atoms with Crippen molar-refractivity contribution in [1.82, 2.24) is 19.4 Å². The van der Waals surface area contributed by atoms with Gasteiger partial charge in [0.2, 0.25) is 0 Å². The predicted octanol–water partition coefficient (Wildman–Crippen LogP) is 6.50. The zero-order chi connectivity index (χ0) is 35.6. The summed E-state index contributed by atoms with van der Waals surface area (Å²) in [6.07, 6.45) is 2.23. The summed E-state index contributed by atoms with van der Waals surface area (Å²) in [7, 11) is 1.86. The molecule has 0 saturated carbocycles. The lowest BCUT2D eigenvalue weighted by atomic mass is 9.92. The van der Waals surface area contributed by atoms with Gasteiger partial charge in [0.1, 0.15) is 11.6 Å². The second-order valence-electron chi connectivity index (χ2n) is 12.9. The minimum atomic E-state index is -0.393. The van der Waals surface area contributed by atoms with Crippen molar-refractivity contribution in [3.63, 3.8) is 0 Å². The molecule has 1 atom stereocenters. The first-order chi connectivity index (χ1) is 24.7. The van der Waals surface area contributed by atoms with Crippen molar-refractivity contribution in [3.05, 3.63) is 130 Å². The Hall–Kier alpha value is -5.47. The SMILES string of the molecule is Cc1c(C(=O)N(c2ccc(O)cc2)c2cc(C#N)ccn2)cc(-c2cc(Cl)ccc2C(=O)N2Cc3ccccc3C[C@H]2CN2CCOCC2)n1C. The molecule has 2 aromatic heterocycles. The van der Waals surface area contributed by atoms with E-state index in [0.717, 1.165) is 31.6 Å². The quantitative estimate of drug-likeness (QED) is 0.206. The molecule has 0 spiro atoms. The van der Waals surface area contributed by atoms with Gasteiger partial charge in [0.25, 0.3) is 11.8 Å². The van der Waals surface area contributed by atoms with Gasteiger partial charge in [0.05, 0.1) is 36.1 Å². The Kier molecular flexibility index (Phi) is 9.60. The van der Waals surface area contributed by atoms with E-state index in [1.54, 1.807) is 48.5 Å². The highest BCUT2D eigenvalue weighted by atomic mass is 35.5. The van der Waals surface area contributed by atoms with E-state index in [4.69, 9.17) is 16.3 Å². The number of hydrogen-bond acceptors (Lipinski definition) is 7. The molecule has 1 fully saturated rings. The fourth-order valence-corrected chi connectivity index (χ4v) is 7.17. The lowest BCUT2D eigenvalue weighted by Gasteiger charge is -2.40. The number of halogens is 1. The first-order valence-electron chi connectivity index (χ1n) is 16.9. The van der Waals surface area contributed by atoms with Crippen LogP contribution in [-0.4, -0.2) is 75.2 Å². The number of benzene rings is 3. The van der Waals surface area contributed by atoms with Crippen molar-refractivity contribution in [1.29, 1.82) is 5.26 Å². The van der Waals surface area contributed by atoms with Gasteiger partial charge in [0.15, 0.2) is 0 Å². The Morgan fingerprint density at radius 2 is 1.75 bits per heavy atom. The van der Waals surface area contributed by atoms with Crippen LogP contribution in [0.4, 0.5) is 11.5 Å². The number of aromatic nitrogens is 2. The number of morpholine rings is 1. The number of hydrogen-bond donors (Lipinski definition) is 1. The zero-order valence-corrected chi connectivity index (χ0v) is 29.2. The predicted molar refractivity (Wildman–Crippen MR) is 195 cm³/mol. The first-order valence-corrected chi connectivity index (χ1v) is 17.2. The number of rotatable bonds is 7. The molecule has 2 amide bonds. The highest BCUT2D eigenvalue weighted by Gasteiger charge is 2.34. The third-order valence-corrected chi connectivity index (χ3v) is 10.1. The van der Waals surface area contributed by atoms with E-state index in [-0.39, 0.29) is 23.5 Å². The van der Waals surface area contributed by atoms with Crippen molar-refractivity contribution < 1.29 is 19.4 Å². The maximum absolute atomic E-state index is 14.8. The normalized spacial score (nSPS) is 16.0. The molecule has 3 aromatic carbocycles. The molecule has 4 heterocycles. The molecule has 0 unspecified atom stereocenters. The van der Waals surface area contributed by atoms with Gasteiger partial charge in [0, 0.05) is 73.0 Å². The number of ether oxygens (including phenoxy) is 1. The number of anilines is 2. The van der Waals surface area contributed by atoms with Gasteiger partial charge in [-0.3, -0.25) is 19.4 Å². The standard InChI is InChI=1S/C40H37ClN6O4/c1-26-35(40(50)47(31-8-10-33(48)11-9-31)38-19-27(23-42)13-14-43-38)22-37(44(26)2)36-21-30(41)7-12-34(36)39(49)46-24-29-6-4-3-5-28(29)20-32(46)25-45-15-17-51-18-16-45/h3-14,19,21-22,32,48H,15-18,20,24-25H2,1-2H3/t32-/m0/s1. The van der Waals surface area contributed by atoms with Crippen LogP contribution in [-0.2, 0) is 24.8 Å². The molecule has 11 heteroatoms. The molecular formula is C40H37ClN6O4. The third kappa shape index (κ3) is 6.84. The van der Waals surface area contributed by atoms with Crippen LogP contribution >= 0.6 is 11.6 Å². The van der Waals surface area contributed by atoms with Crippen LogP contribution in [0.2, 0.25) is 5.02 Å². The molecule has 10 nitrogen and oxygen atoms in total. The number of phenols is 1. The summed E-state index contributed by atoms with van der Waals surface area (Å²) < 4.78 is 7.48. The average Bonchev–Trinajstić information content (AvgIpc) is 3.45. The molecule has 5 aromatic rings. The molecular weight excluding hydrogens is 664 g/mol. The van der Waals surface area contributed by atoms with E-state index < -0.39 is 5.91 Å². The number of carbonyl (C=O) groups is 2. The van der Waals surface area contributed by atoms with Gasteiger partial charge in [-0.2, -0.15) is 5.26 Å². The smallest absolute Gasteiger partial charge is 0.265 e. The number of nitrogens with zero attached hydrogens (tertiary/aromatic N) is 6. The van der Waals surface area contributed by atoms with Crippen molar-refractivity contribution in [2.75, 3.05) is 37.7 Å². The molecule has 7 rings (SSSR count). The summed E-state index contributed by atoms with van der Waals surface area (Å²) in [5.74, 6) is -0.199. The number of pyridine rings is 1. The molecule has 2 aliphatic rings.